The second kappa shape index (κ2) is 7.91. The normalized spacial score (nSPS) is 30.1. The Morgan fingerprint density at radius 3 is 2.57 bits per heavy atom. The summed E-state index contributed by atoms with van der Waals surface area (Å²) in [5.41, 5.74) is 0. The molecule has 0 aromatic heterocycles. The number of nitrogens with zero attached hydrogens (tertiary/aromatic N) is 1. The van der Waals surface area contributed by atoms with Gasteiger partial charge in [0.1, 0.15) is 0 Å². The molecule has 124 valence electrons. The Bertz CT molecular complexity index is 303. The third-order valence-corrected chi connectivity index (χ3v) is 5.22. The van der Waals surface area contributed by atoms with Gasteiger partial charge in [-0.1, -0.05) is 20.3 Å². The highest BCUT2D eigenvalue weighted by molar-refractivity contribution is 4.96. The van der Waals surface area contributed by atoms with Gasteiger partial charge < -0.3 is 14.8 Å². The molecule has 21 heavy (non-hydrogen) atoms. The van der Waals surface area contributed by atoms with Crippen LogP contribution in [0, 0.1) is 0 Å². The van der Waals surface area contributed by atoms with E-state index in [0.717, 1.165) is 39.0 Å². The molecule has 0 aromatic carbocycles. The van der Waals surface area contributed by atoms with E-state index in [2.05, 4.69) is 38.0 Å². The van der Waals surface area contributed by atoms with Gasteiger partial charge in [0.2, 0.25) is 0 Å². The SMILES string of the molecule is CCCNC1CCC2(CC1N(C)C(C)CCC)OCCO2. The van der Waals surface area contributed by atoms with Crippen LogP contribution in [0.5, 0.6) is 0 Å². The second-order valence-corrected chi connectivity index (χ2v) is 6.78. The standard InChI is InChI=1S/C17H34N2O2/c1-5-7-14(3)19(4)16-13-17(20-11-12-21-17)9-8-15(16)18-10-6-2/h14-16,18H,5-13H2,1-4H3. The van der Waals surface area contributed by atoms with Crippen molar-refractivity contribution in [3.63, 3.8) is 0 Å². The highest BCUT2D eigenvalue weighted by Gasteiger charge is 2.46. The lowest BCUT2D eigenvalue weighted by atomic mass is 9.84. The van der Waals surface area contributed by atoms with Crippen LogP contribution >= 0.6 is 0 Å². The lowest BCUT2D eigenvalue weighted by Crippen LogP contribution is -2.58. The van der Waals surface area contributed by atoms with E-state index in [4.69, 9.17) is 9.47 Å². The van der Waals surface area contributed by atoms with Gasteiger partial charge in [-0.2, -0.15) is 0 Å². The Morgan fingerprint density at radius 2 is 1.95 bits per heavy atom. The van der Waals surface area contributed by atoms with Gasteiger partial charge in [0.15, 0.2) is 5.79 Å². The zero-order valence-corrected chi connectivity index (χ0v) is 14.4. The molecule has 2 rings (SSSR count). The first-order chi connectivity index (χ1) is 10.1. The molecular weight excluding hydrogens is 264 g/mol. The maximum absolute atomic E-state index is 5.98. The van der Waals surface area contributed by atoms with Crippen LogP contribution in [0.2, 0.25) is 0 Å². The van der Waals surface area contributed by atoms with Gasteiger partial charge in [-0.05, 0) is 39.8 Å². The lowest BCUT2D eigenvalue weighted by Gasteiger charge is -2.46. The van der Waals surface area contributed by atoms with Crippen LogP contribution < -0.4 is 5.32 Å². The third kappa shape index (κ3) is 4.19. The molecule has 0 aromatic rings. The van der Waals surface area contributed by atoms with Gasteiger partial charge in [0, 0.05) is 31.0 Å². The fourth-order valence-electron chi connectivity index (χ4n) is 3.83. The van der Waals surface area contributed by atoms with Crippen molar-refractivity contribution in [3.8, 4) is 0 Å². The number of likely N-dealkylation sites (N-methyl/N-ethyl adjacent to an activating group) is 1. The first kappa shape index (κ1) is 17.2. The van der Waals surface area contributed by atoms with Crippen LogP contribution in [-0.4, -0.2) is 55.6 Å². The van der Waals surface area contributed by atoms with Crippen LogP contribution in [0.25, 0.3) is 0 Å². The summed E-state index contributed by atoms with van der Waals surface area (Å²) in [6.07, 6.45) is 6.86. The number of hydrogen-bond acceptors (Lipinski definition) is 4. The van der Waals surface area contributed by atoms with Crippen molar-refractivity contribution >= 4 is 0 Å². The average molecular weight is 298 g/mol. The van der Waals surface area contributed by atoms with Crippen LogP contribution in [0.3, 0.4) is 0 Å². The van der Waals surface area contributed by atoms with E-state index >= 15 is 0 Å². The summed E-state index contributed by atoms with van der Waals surface area (Å²) in [5, 5.41) is 3.75. The maximum Gasteiger partial charge on any atom is 0.170 e. The van der Waals surface area contributed by atoms with Crippen LogP contribution in [0.4, 0.5) is 0 Å². The Balaban J connectivity index is 2.04. The molecule has 2 fully saturated rings. The van der Waals surface area contributed by atoms with Gasteiger partial charge in [-0.3, -0.25) is 4.90 Å². The Labute approximate surface area is 130 Å². The molecule has 1 N–H and O–H groups in total. The minimum absolute atomic E-state index is 0.296. The molecular formula is C17H34N2O2. The van der Waals surface area contributed by atoms with Crippen molar-refractivity contribution in [1.82, 2.24) is 10.2 Å². The van der Waals surface area contributed by atoms with E-state index in [-0.39, 0.29) is 5.79 Å². The van der Waals surface area contributed by atoms with Crippen molar-refractivity contribution in [2.24, 2.45) is 0 Å². The number of rotatable bonds is 7. The minimum Gasteiger partial charge on any atom is -0.347 e. The van der Waals surface area contributed by atoms with E-state index < -0.39 is 0 Å². The first-order valence-corrected chi connectivity index (χ1v) is 8.85. The quantitative estimate of drug-likeness (QED) is 0.783. The van der Waals surface area contributed by atoms with E-state index in [9.17, 15) is 0 Å². The zero-order valence-electron chi connectivity index (χ0n) is 14.4. The molecule has 4 nitrogen and oxygen atoms in total. The highest BCUT2D eigenvalue weighted by Crippen LogP contribution is 2.38. The summed E-state index contributed by atoms with van der Waals surface area (Å²) in [6, 6.07) is 1.68. The monoisotopic (exact) mass is 298 g/mol. The summed E-state index contributed by atoms with van der Waals surface area (Å²) >= 11 is 0. The summed E-state index contributed by atoms with van der Waals surface area (Å²) in [5.74, 6) is -0.296. The van der Waals surface area contributed by atoms with Gasteiger partial charge in [0.25, 0.3) is 0 Å². The smallest absolute Gasteiger partial charge is 0.170 e. The van der Waals surface area contributed by atoms with Crippen molar-refractivity contribution in [3.05, 3.63) is 0 Å². The molecule has 1 saturated heterocycles. The first-order valence-electron chi connectivity index (χ1n) is 8.85. The number of nitrogens with one attached hydrogen (secondary N) is 1. The van der Waals surface area contributed by atoms with E-state index in [1.807, 2.05) is 0 Å². The molecule has 1 heterocycles. The summed E-state index contributed by atoms with van der Waals surface area (Å²) in [4.78, 5) is 2.56. The van der Waals surface area contributed by atoms with Gasteiger partial charge in [-0.25, -0.2) is 0 Å². The van der Waals surface area contributed by atoms with Gasteiger partial charge >= 0.3 is 0 Å². The van der Waals surface area contributed by atoms with E-state index in [1.54, 1.807) is 0 Å². The Kier molecular flexibility index (Phi) is 6.48. The van der Waals surface area contributed by atoms with Crippen LogP contribution in [0.15, 0.2) is 0 Å². The van der Waals surface area contributed by atoms with Crippen molar-refractivity contribution < 1.29 is 9.47 Å². The molecule has 1 aliphatic heterocycles. The molecule has 4 heteroatoms. The maximum atomic E-state index is 5.98. The Hall–Kier alpha value is -0.160. The topological polar surface area (TPSA) is 33.7 Å². The minimum atomic E-state index is -0.296. The molecule has 3 atom stereocenters. The Morgan fingerprint density at radius 1 is 1.24 bits per heavy atom. The molecule has 0 amide bonds. The summed E-state index contributed by atoms with van der Waals surface area (Å²) in [7, 11) is 2.28. The predicted molar refractivity (Wildman–Crippen MR) is 86.5 cm³/mol. The van der Waals surface area contributed by atoms with Crippen molar-refractivity contribution in [2.45, 2.75) is 83.2 Å². The molecule has 1 saturated carbocycles. The lowest BCUT2D eigenvalue weighted by molar-refractivity contribution is -0.194. The summed E-state index contributed by atoms with van der Waals surface area (Å²) < 4.78 is 12.0. The summed E-state index contributed by atoms with van der Waals surface area (Å²) in [6.45, 7) is 9.47. The predicted octanol–water partition coefficient (Wildman–Crippen LogP) is 2.77. The van der Waals surface area contributed by atoms with Gasteiger partial charge in [-0.15, -0.1) is 0 Å². The van der Waals surface area contributed by atoms with Crippen LogP contribution in [-0.2, 0) is 9.47 Å². The second-order valence-electron chi connectivity index (χ2n) is 6.78. The molecule has 0 bridgehead atoms. The van der Waals surface area contributed by atoms with E-state index in [1.165, 1.54) is 19.3 Å². The van der Waals surface area contributed by atoms with E-state index in [0.29, 0.717) is 18.1 Å². The molecule has 3 unspecified atom stereocenters. The van der Waals surface area contributed by atoms with Crippen molar-refractivity contribution in [1.29, 1.82) is 0 Å². The number of hydrogen-bond donors (Lipinski definition) is 1. The average Bonchev–Trinajstić information content (AvgIpc) is 2.93. The molecule has 1 aliphatic carbocycles. The molecule has 2 aliphatic rings. The fourth-order valence-corrected chi connectivity index (χ4v) is 3.83. The highest BCUT2D eigenvalue weighted by atomic mass is 16.7. The largest absolute Gasteiger partial charge is 0.347 e. The van der Waals surface area contributed by atoms with Crippen LogP contribution in [0.1, 0.15) is 59.3 Å². The third-order valence-electron chi connectivity index (χ3n) is 5.22. The zero-order chi connectivity index (χ0) is 15.3. The van der Waals surface area contributed by atoms with Crippen molar-refractivity contribution in [2.75, 3.05) is 26.8 Å². The molecule has 0 radical (unpaired) electrons. The van der Waals surface area contributed by atoms with Gasteiger partial charge in [0.05, 0.1) is 13.2 Å². The number of ether oxygens (including phenoxy) is 2. The fraction of sp³-hybridized carbons (Fsp3) is 1.00. The molecule has 1 spiro atoms.